The minimum Gasteiger partial charge on any atom is -0.355 e. The third-order valence-electron chi connectivity index (χ3n) is 8.02. The maximum Gasteiger partial charge on any atom is 0.363 e. The van der Waals surface area contributed by atoms with Crippen molar-refractivity contribution in [1.29, 1.82) is 0 Å². The van der Waals surface area contributed by atoms with Crippen LogP contribution in [0.25, 0.3) is 33.1 Å². The first-order valence-corrected chi connectivity index (χ1v) is 17.2. The molecule has 1 heterocycles. The molecule has 0 fully saturated rings. The average Bonchev–Trinajstić information content (AvgIpc) is 2.98. The van der Waals surface area contributed by atoms with Gasteiger partial charge in [-0.3, -0.25) is 9.11 Å². The Morgan fingerprint density at radius 3 is 1.43 bits per heavy atom. The first-order chi connectivity index (χ1) is 21.7. The van der Waals surface area contributed by atoms with E-state index in [4.69, 9.17) is 4.42 Å². The van der Waals surface area contributed by atoms with Gasteiger partial charge in [0, 0.05) is 33.9 Å². The van der Waals surface area contributed by atoms with E-state index in [9.17, 15) is 25.9 Å². The topological polar surface area (TPSA) is 144 Å². The van der Waals surface area contributed by atoms with E-state index in [1.54, 1.807) is 24.3 Å². The van der Waals surface area contributed by atoms with E-state index in [2.05, 4.69) is 10.6 Å². The van der Waals surface area contributed by atoms with Crippen molar-refractivity contribution in [2.75, 3.05) is 10.6 Å². The molecular formula is C35H31N2O7S2+. The normalized spacial score (nSPS) is 12.0. The fourth-order valence-electron chi connectivity index (χ4n) is 5.73. The maximum absolute atomic E-state index is 12.7. The molecule has 0 aliphatic rings. The van der Waals surface area contributed by atoms with Crippen molar-refractivity contribution in [1.82, 2.24) is 0 Å². The summed E-state index contributed by atoms with van der Waals surface area (Å²) < 4.78 is 75.5. The van der Waals surface area contributed by atoms with Crippen molar-refractivity contribution in [3.05, 3.63) is 113 Å². The van der Waals surface area contributed by atoms with E-state index >= 15 is 0 Å². The number of aryl methyl sites for hydroxylation is 4. The average molecular weight is 656 g/mol. The Balaban J connectivity index is 1.62. The van der Waals surface area contributed by atoms with E-state index < -0.39 is 30.0 Å². The molecule has 6 aromatic rings. The molecule has 6 rings (SSSR count). The van der Waals surface area contributed by atoms with E-state index in [0.717, 1.165) is 57.1 Å². The Labute approximate surface area is 267 Å². The van der Waals surface area contributed by atoms with E-state index in [0.29, 0.717) is 27.5 Å². The number of rotatable bonds is 7. The zero-order valence-corrected chi connectivity index (χ0v) is 27.0. The van der Waals surface area contributed by atoms with Gasteiger partial charge in [-0.05, 0) is 86.3 Å². The molecule has 0 atom stereocenters. The van der Waals surface area contributed by atoms with Crippen LogP contribution in [0.5, 0.6) is 0 Å². The largest absolute Gasteiger partial charge is 0.363 e. The summed E-state index contributed by atoms with van der Waals surface area (Å²) in [4.78, 5) is -1.34. The van der Waals surface area contributed by atoms with Gasteiger partial charge in [-0.1, -0.05) is 42.5 Å². The molecule has 0 spiro atoms. The predicted molar refractivity (Wildman–Crippen MR) is 182 cm³/mol. The number of para-hydroxylation sites is 2. The summed E-state index contributed by atoms with van der Waals surface area (Å²) in [6, 6.07) is 25.9. The molecule has 234 valence electrons. The van der Waals surface area contributed by atoms with Crippen LogP contribution in [0.15, 0.2) is 105 Å². The van der Waals surface area contributed by atoms with Crippen molar-refractivity contribution < 1.29 is 30.4 Å². The summed E-state index contributed by atoms with van der Waals surface area (Å²) in [7, 11) is -9.71. The zero-order chi connectivity index (χ0) is 33.0. The van der Waals surface area contributed by atoms with Gasteiger partial charge in [0.15, 0.2) is 0 Å². The fraction of sp³-hybridized carbons (Fsp3) is 0.114. The molecule has 46 heavy (non-hydrogen) atoms. The van der Waals surface area contributed by atoms with Crippen LogP contribution in [0.1, 0.15) is 22.3 Å². The SMILES string of the molecule is Cc1cccc(C)c1Nc1ccc2c(-c3ccc(S(=O)(=O)O)cc3S(=O)(=O)O)c3ccc(Nc4c(C)cccc4C)cc3[o+]c2c1. The number of benzene rings is 5. The second kappa shape index (κ2) is 11.5. The summed E-state index contributed by atoms with van der Waals surface area (Å²) in [6.07, 6.45) is 0. The molecule has 0 amide bonds. The number of anilines is 4. The van der Waals surface area contributed by atoms with Gasteiger partial charge in [0.25, 0.3) is 20.2 Å². The van der Waals surface area contributed by atoms with E-state index in [1.807, 2.05) is 76.2 Å². The van der Waals surface area contributed by atoms with Gasteiger partial charge < -0.3 is 10.6 Å². The molecule has 0 bridgehead atoms. The van der Waals surface area contributed by atoms with Crippen LogP contribution in [0, 0.1) is 27.7 Å². The molecule has 0 aliphatic carbocycles. The number of hydrogen-bond donors (Lipinski definition) is 4. The van der Waals surface area contributed by atoms with Crippen molar-refractivity contribution in [3.8, 4) is 11.1 Å². The zero-order valence-electron chi connectivity index (χ0n) is 25.4. The highest BCUT2D eigenvalue weighted by Gasteiger charge is 2.28. The fourth-order valence-corrected chi connectivity index (χ4v) is 7.04. The monoisotopic (exact) mass is 655 g/mol. The predicted octanol–water partition coefficient (Wildman–Crippen LogP) is 8.75. The quantitative estimate of drug-likeness (QED) is 0.0754. The summed E-state index contributed by atoms with van der Waals surface area (Å²) >= 11 is 0. The molecule has 0 aliphatic heterocycles. The summed E-state index contributed by atoms with van der Waals surface area (Å²) in [6.45, 7) is 8.02. The van der Waals surface area contributed by atoms with Gasteiger partial charge in [0.1, 0.15) is 4.90 Å². The van der Waals surface area contributed by atoms with Crippen LogP contribution < -0.4 is 10.6 Å². The summed E-state index contributed by atoms with van der Waals surface area (Å²) in [5.74, 6) is 0. The van der Waals surface area contributed by atoms with E-state index in [-0.39, 0.29) is 5.56 Å². The second-order valence-corrected chi connectivity index (χ2v) is 14.1. The van der Waals surface area contributed by atoms with Crippen molar-refractivity contribution in [3.63, 3.8) is 0 Å². The lowest BCUT2D eigenvalue weighted by molar-refractivity contribution is 0.481. The molecule has 9 nitrogen and oxygen atoms in total. The molecule has 0 saturated heterocycles. The Morgan fingerprint density at radius 2 is 1.02 bits per heavy atom. The molecule has 0 unspecified atom stereocenters. The number of fused-ring (bicyclic) bond motifs is 2. The lowest BCUT2D eigenvalue weighted by Crippen LogP contribution is -2.05. The second-order valence-electron chi connectivity index (χ2n) is 11.3. The van der Waals surface area contributed by atoms with Gasteiger partial charge in [-0.15, -0.1) is 0 Å². The Kier molecular flexibility index (Phi) is 7.81. The van der Waals surface area contributed by atoms with Crippen LogP contribution in [-0.2, 0) is 20.2 Å². The highest BCUT2D eigenvalue weighted by atomic mass is 32.2. The molecule has 0 radical (unpaired) electrons. The van der Waals surface area contributed by atoms with Gasteiger partial charge in [0.05, 0.1) is 27.8 Å². The lowest BCUT2D eigenvalue weighted by Gasteiger charge is -2.14. The molecule has 11 heteroatoms. The summed E-state index contributed by atoms with van der Waals surface area (Å²) in [5.41, 5.74) is 8.77. The van der Waals surface area contributed by atoms with Gasteiger partial charge in [-0.2, -0.15) is 16.8 Å². The Bertz CT molecular complexity index is 2270. The lowest BCUT2D eigenvalue weighted by atomic mass is 9.96. The smallest absolute Gasteiger partial charge is 0.355 e. The van der Waals surface area contributed by atoms with Gasteiger partial charge in [0.2, 0.25) is 0 Å². The molecule has 1 aromatic heterocycles. The minimum atomic E-state index is -4.95. The van der Waals surface area contributed by atoms with Crippen LogP contribution in [0.3, 0.4) is 0 Å². The van der Waals surface area contributed by atoms with Crippen LogP contribution in [0.2, 0.25) is 0 Å². The van der Waals surface area contributed by atoms with Gasteiger partial charge >= 0.3 is 11.2 Å². The highest BCUT2D eigenvalue weighted by Crippen LogP contribution is 2.42. The van der Waals surface area contributed by atoms with Crippen molar-refractivity contribution in [2.45, 2.75) is 37.5 Å². The van der Waals surface area contributed by atoms with Crippen LogP contribution >= 0.6 is 0 Å². The number of hydrogen-bond acceptors (Lipinski definition) is 6. The van der Waals surface area contributed by atoms with E-state index in [1.165, 1.54) is 6.07 Å². The third-order valence-corrected chi connectivity index (χ3v) is 9.76. The molecular weight excluding hydrogens is 625 g/mol. The molecule has 0 saturated carbocycles. The molecule has 5 aromatic carbocycles. The Hall–Kier alpha value is -4.81. The van der Waals surface area contributed by atoms with Gasteiger partial charge in [-0.25, -0.2) is 4.42 Å². The van der Waals surface area contributed by atoms with Crippen LogP contribution in [-0.4, -0.2) is 25.9 Å². The number of nitrogens with one attached hydrogen (secondary N) is 2. The van der Waals surface area contributed by atoms with Crippen molar-refractivity contribution >= 4 is 64.9 Å². The Morgan fingerprint density at radius 1 is 0.565 bits per heavy atom. The highest BCUT2D eigenvalue weighted by molar-refractivity contribution is 7.86. The first kappa shape index (κ1) is 31.2. The summed E-state index contributed by atoms with van der Waals surface area (Å²) in [5, 5.41) is 7.93. The van der Waals surface area contributed by atoms with Crippen LogP contribution in [0.4, 0.5) is 22.7 Å². The standard InChI is InChI=1S/C35H30N2O7S2/c1-20-7-5-8-21(2)34(20)36-24-11-14-27-30(17-24)44-31-18-25(37-35-22(3)9-6-10-23(35)4)12-15-28(31)33(27)29-16-13-26(45(38,39)40)19-32(29)46(41,42)43/h5-19,36-37H,1-4H3,(H-,38,39,40,41,42,43)/p+1. The maximum atomic E-state index is 12.7. The molecule has 4 N–H and O–H groups in total. The van der Waals surface area contributed by atoms with Crippen molar-refractivity contribution in [2.24, 2.45) is 0 Å². The minimum absolute atomic E-state index is 0.0339. The third kappa shape index (κ3) is 5.93. The first-order valence-electron chi connectivity index (χ1n) is 14.3.